The van der Waals surface area contributed by atoms with Gasteiger partial charge in [-0.25, -0.2) is 10.2 Å². The van der Waals surface area contributed by atoms with Gasteiger partial charge in [0.2, 0.25) is 0 Å². The van der Waals surface area contributed by atoms with Crippen molar-refractivity contribution in [3.63, 3.8) is 0 Å². The highest BCUT2D eigenvalue weighted by Crippen LogP contribution is 2.36. The lowest BCUT2D eigenvalue weighted by Gasteiger charge is -2.07. The predicted molar refractivity (Wildman–Crippen MR) is 166 cm³/mol. The molecule has 4 aromatic carbocycles. The fourth-order valence-corrected chi connectivity index (χ4v) is 5.48. The molecule has 0 saturated heterocycles. The summed E-state index contributed by atoms with van der Waals surface area (Å²) in [5, 5.41) is 18.6. The molecule has 0 aliphatic heterocycles. The lowest BCUT2D eigenvalue weighted by molar-refractivity contribution is -0.384. The second-order valence-electron chi connectivity index (χ2n) is 9.21. The highest BCUT2D eigenvalue weighted by atomic mass is 35.5. The zero-order valence-corrected chi connectivity index (χ0v) is 23.9. The predicted octanol–water partition coefficient (Wildman–Crippen LogP) is 7.01. The first-order valence-electron chi connectivity index (χ1n) is 12.7. The number of hydrogen-bond donors (Lipinski definition) is 2. The van der Waals surface area contributed by atoms with Crippen LogP contribution >= 0.6 is 22.9 Å². The SMILES string of the molecule is Cc1ccc2c(Cl)c(C(=O)Oc3ccccc3/C=N\NC(=O)c3ccc(NC(=O)c4ccc([N+](=O)[O-])cc4)cc3)sc2c1. The molecule has 0 radical (unpaired) electrons. The van der Waals surface area contributed by atoms with E-state index < -0.39 is 22.7 Å². The summed E-state index contributed by atoms with van der Waals surface area (Å²) < 4.78 is 6.51. The molecule has 0 aliphatic carbocycles. The van der Waals surface area contributed by atoms with Gasteiger partial charge in [0.25, 0.3) is 17.5 Å². The van der Waals surface area contributed by atoms with E-state index in [1.807, 2.05) is 25.1 Å². The van der Waals surface area contributed by atoms with E-state index in [1.54, 1.807) is 24.3 Å². The number of hydrazone groups is 1. The molecular formula is C31H21ClN4O6S. The molecule has 2 amide bonds. The van der Waals surface area contributed by atoms with Crippen molar-refractivity contribution in [2.45, 2.75) is 6.92 Å². The number of anilines is 1. The molecule has 1 aromatic heterocycles. The van der Waals surface area contributed by atoms with E-state index in [0.29, 0.717) is 16.3 Å². The molecule has 1 heterocycles. The van der Waals surface area contributed by atoms with Crippen LogP contribution in [0.15, 0.2) is 96.1 Å². The normalized spacial score (nSPS) is 10.9. The third-order valence-electron chi connectivity index (χ3n) is 6.21. The van der Waals surface area contributed by atoms with Gasteiger partial charge in [0.1, 0.15) is 10.6 Å². The number of nitrogens with zero attached hydrogens (tertiary/aromatic N) is 2. The van der Waals surface area contributed by atoms with Gasteiger partial charge >= 0.3 is 5.97 Å². The Morgan fingerprint density at radius 1 is 0.930 bits per heavy atom. The number of non-ortho nitro benzene ring substituents is 1. The number of halogens is 1. The smallest absolute Gasteiger partial charge is 0.355 e. The van der Waals surface area contributed by atoms with Gasteiger partial charge < -0.3 is 10.1 Å². The van der Waals surface area contributed by atoms with Crippen molar-refractivity contribution in [2.24, 2.45) is 5.10 Å². The third-order valence-corrected chi connectivity index (χ3v) is 7.84. The molecular weight excluding hydrogens is 592 g/mol. The van der Waals surface area contributed by atoms with Crippen LogP contribution < -0.4 is 15.5 Å². The Balaban J connectivity index is 1.20. The van der Waals surface area contributed by atoms with Gasteiger partial charge in [-0.15, -0.1) is 11.3 Å². The number of rotatable bonds is 8. The Kier molecular flexibility index (Phi) is 8.56. The maximum Gasteiger partial charge on any atom is 0.355 e. The summed E-state index contributed by atoms with van der Waals surface area (Å²) in [6, 6.07) is 23.7. The summed E-state index contributed by atoms with van der Waals surface area (Å²) in [7, 11) is 0. The first-order valence-corrected chi connectivity index (χ1v) is 13.9. The van der Waals surface area contributed by atoms with Crippen LogP contribution in [0.1, 0.15) is 41.5 Å². The van der Waals surface area contributed by atoms with Crippen molar-refractivity contribution in [1.82, 2.24) is 5.43 Å². The number of hydrogen-bond acceptors (Lipinski definition) is 8. The lowest BCUT2D eigenvalue weighted by atomic mass is 10.1. The molecule has 10 nitrogen and oxygen atoms in total. The third kappa shape index (κ3) is 6.75. The number of carbonyl (C=O) groups is 3. The van der Waals surface area contributed by atoms with Gasteiger partial charge in [0, 0.05) is 44.6 Å². The maximum atomic E-state index is 13.0. The van der Waals surface area contributed by atoms with Crippen LogP contribution in [0.5, 0.6) is 5.75 Å². The van der Waals surface area contributed by atoms with Gasteiger partial charge in [0.15, 0.2) is 0 Å². The summed E-state index contributed by atoms with van der Waals surface area (Å²) in [6.07, 6.45) is 1.36. The number of benzene rings is 4. The van der Waals surface area contributed by atoms with E-state index in [2.05, 4.69) is 15.8 Å². The molecule has 12 heteroatoms. The van der Waals surface area contributed by atoms with E-state index in [0.717, 1.165) is 15.6 Å². The molecule has 0 saturated carbocycles. The van der Waals surface area contributed by atoms with Gasteiger partial charge in [-0.2, -0.15) is 5.10 Å². The van der Waals surface area contributed by atoms with Crippen molar-refractivity contribution >= 4 is 68.4 Å². The highest BCUT2D eigenvalue weighted by Gasteiger charge is 2.20. The number of aryl methyl sites for hydroxylation is 1. The molecule has 0 fully saturated rings. The Hall–Kier alpha value is -5.39. The first-order chi connectivity index (χ1) is 20.7. The summed E-state index contributed by atoms with van der Waals surface area (Å²) >= 11 is 7.71. The standard InChI is InChI=1S/C31H21ClN4O6S/c1-18-6-15-24-26(16-18)43-28(27(24)32)31(39)42-25-5-3-2-4-21(25)17-33-35-30(38)20-7-11-22(12-8-20)34-29(37)19-9-13-23(14-10-19)36(40)41/h2-17H,1H3,(H,34,37)(H,35,38)/b33-17-. The van der Waals surface area contributed by atoms with Crippen molar-refractivity contribution in [1.29, 1.82) is 0 Å². The molecule has 43 heavy (non-hydrogen) atoms. The fourth-order valence-electron chi connectivity index (χ4n) is 4.00. The number of thiophene rings is 1. The molecule has 0 unspecified atom stereocenters. The number of nitrogens with one attached hydrogen (secondary N) is 2. The number of carbonyl (C=O) groups excluding carboxylic acids is 3. The summed E-state index contributed by atoms with van der Waals surface area (Å²) in [5.74, 6) is -1.33. The summed E-state index contributed by atoms with van der Waals surface area (Å²) in [5.41, 5.74) is 4.75. The molecule has 0 atom stereocenters. The molecule has 0 spiro atoms. The summed E-state index contributed by atoms with van der Waals surface area (Å²) in [4.78, 5) is 48.5. The zero-order chi connectivity index (χ0) is 30.5. The van der Waals surface area contributed by atoms with Gasteiger partial charge in [0.05, 0.1) is 16.2 Å². The molecule has 0 bridgehead atoms. The van der Waals surface area contributed by atoms with Crippen molar-refractivity contribution in [3.8, 4) is 5.75 Å². The summed E-state index contributed by atoms with van der Waals surface area (Å²) in [6.45, 7) is 1.96. The van der Waals surface area contributed by atoms with Crippen LogP contribution in [0.25, 0.3) is 10.1 Å². The minimum atomic E-state index is -0.602. The number of amides is 2. The van der Waals surface area contributed by atoms with Crippen LogP contribution in [-0.2, 0) is 0 Å². The van der Waals surface area contributed by atoms with Gasteiger partial charge in [-0.05, 0) is 67.1 Å². The largest absolute Gasteiger partial charge is 0.422 e. The monoisotopic (exact) mass is 612 g/mol. The van der Waals surface area contributed by atoms with Crippen LogP contribution in [0, 0.1) is 17.0 Å². The Bertz CT molecular complexity index is 1900. The molecule has 5 aromatic rings. The molecule has 2 N–H and O–H groups in total. The van der Waals surface area contributed by atoms with E-state index in [9.17, 15) is 24.5 Å². The molecule has 0 aliphatic rings. The second kappa shape index (κ2) is 12.6. The van der Waals surface area contributed by atoms with Crippen LogP contribution in [0.3, 0.4) is 0 Å². The second-order valence-corrected chi connectivity index (χ2v) is 10.6. The number of esters is 1. The van der Waals surface area contributed by atoms with Crippen LogP contribution in [-0.4, -0.2) is 28.9 Å². The number of ether oxygens (including phenoxy) is 1. The van der Waals surface area contributed by atoms with Gasteiger partial charge in [-0.3, -0.25) is 19.7 Å². The topological polar surface area (TPSA) is 140 Å². The Morgan fingerprint density at radius 2 is 1.60 bits per heavy atom. The van der Waals surface area contributed by atoms with E-state index in [1.165, 1.54) is 66.1 Å². The van der Waals surface area contributed by atoms with Gasteiger partial charge in [-0.1, -0.05) is 35.9 Å². The zero-order valence-electron chi connectivity index (χ0n) is 22.4. The Labute approximate surface area is 253 Å². The number of nitro benzene ring substituents is 1. The molecule has 214 valence electrons. The van der Waals surface area contributed by atoms with Crippen molar-refractivity contribution in [3.05, 3.63) is 133 Å². The van der Waals surface area contributed by atoms with E-state index >= 15 is 0 Å². The molecule has 5 rings (SSSR count). The van der Waals surface area contributed by atoms with Crippen LogP contribution in [0.4, 0.5) is 11.4 Å². The highest BCUT2D eigenvalue weighted by molar-refractivity contribution is 7.21. The minimum absolute atomic E-state index is 0.119. The fraction of sp³-hybridized carbons (Fsp3) is 0.0323. The average molecular weight is 613 g/mol. The average Bonchev–Trinajstić information content (AvgIpc) is 3.33. The van der Waals surface area contributed by atoms with Crippen LogP contribution in [0.2, 0.25) is 5.02 Å². The van der Waals surface area contributed by atoms with Crippen molar-refractivity contribution in [2.75, 3.05) is 5.32 Å². The Morgan fingerprint density at radius 3 is 2.33 bits per heavy atom. The first kappa shape index (κ1) is 29.1. The quantitative estimate of drug-likeness (QED) is 0.0635. The number of nitro groups is 1. The lowest BCUT2D eigenvalue weighted by Crippen LogP contribution is -2.18. The van der Waals surface area contributed by atoms with E-state index in [4.69, 9.17) is 16.3 Å². The number of fused-ring (bicyclic) bond motifs is 1. The van der Waals surface area contributed by atoms with Crippen molar-refractivity contribution < 1.29 is 24.0 Å². The maximum absolute atomic E-state index is 13.0. The van der Waals surface area contributed by atoms with E-state index in [-0.39, 0.29) is 27.4 Å². The number of para-hydroxylation sites is 1. The minimum Gasteiger partial charge on any atom is -0.422 e.